The summed E-state index contributed by atoms with van der Waals surface area (Å²) in [6.07, 6.45) is -1.11. The first-order valence-corrected chi connectivity index (χ1v) is 14.5. The lowest BCUT2D eigenvalue weighted by molar-refractivity contribution is -0.118. The Hall–Kier alpha value is -3.50. The molecule has 3 atom stereocenters. The average Bonchev–Trinajstić information content (AvgIpc) is 3.01. The van der Waals surface area contributed by atoms with Gasteiger partial charge in [0.2, 0.25) is 5.91 Å². The summed E-state index contributed by atoms with van der Waals surface area (Å²) in [5.41, 5.74) is 0.0246. The summed E-state index contributed by atoms with van der Waals surface area (Å²) in [5, 5.41) is 33.6. The van der Waals surface area contributed by atoms with Crippen molar-refractivity contribution in [2.75, 3.05) is 40.5 Å². The van der Waals surface area contributed by atoms with Gasteiger partial charge in [-0.2, -0.15) is 0 Å². The molecule has 0 radical (unpaired) electrons. The van der Waals surface area contributed by atoms with E-state index in [1.165, 1.54) is 31.3 Å². The van der Waals surface area contributed by atoms with Crippen LogP contribution in [0.3, 0.4) is 0 Å². The van der Waals surface area contributed by atoms with Crippen LogP contribution in [0.1, 0.15) is 22.3 Å². The molecule has 0 saturated carbocycles. The van der Waals surface area contributed by atoms with Crippen LogP contribution in [-0.4, -0.2) is 90.8 Å². The van der Waals surface area contributed by atoms with E-state index >= 15 is 0 Å². The van der Waals surface area contributed by atoms with E-state index in [0.29, 0.717) is 25.9 Å². The lowest BCUT2D eigenvalue weighted by atomic mass is 9.87. The number of benzene rings is 2. The standard InChI is InChI=1S/C30H33IN2O10/c1-40-10-8-33(29(38)20-13-18-5-3-4-6-23(18)43-30(20)39)22-14-19(28(37)32-7-9-34)15-24(26(22)36)42-27-21(31)11-17(16-35)12-25(27)41-2/h3-6,11-13,15,22,24,26,34-36H,7-10,14,16H2,1-2H3,(H,32,37). The molecule has 0 aliphatic heterocycles. The summed E-state index contributed by atoms with van der Waals surface area (Å²) >= 11 is 2.01. The molecule has 0 saturated heterocycles. The van der Waals surface area contributed by atoms with E-state index in [2.05, 4.69) is 5.32 Å². The van der Waals surface area contributed by atoms with E-state index < -0.39 is 35.7 Å². The minimum atomic E-state index is -1.36. The molecule has 4 rings (SSSR count). The van der Waals surface area contributed by atoms with E-state index in [1.54, 1.807) is 36.4 Å². The highest BCUT2D eigenvalue weighted by Crippen LogP contribution is 2.37. The maximum absolute atomic E-state index is 14.0. The van der Waals surface area contributed by atoms with Crippen LogP contribution in [0.25, 0.3) is 11.0 Å². The number of hydrogen-bond acceptors (Lipinski definition) is 10. The van der Waals surface area contributed by atoms with Crippen LogP contribution in [0, 0.1) is 3.57 Å². The van der Waals surface area contributed by atoms with Gasteiger partial charge in [0.25, 0.3) is 5.91 Å². The first kappa shape index (κ1) is 32.4. The zero-order valence-corrected chi connectivity index (χ0v) is 25.8. The Morgan fingerprint density at radius 3 is 2.63 bits per heavy atom. The second-order valence-corrected chi connectivity index (χ2v) is 10.9. The molecule has 13 heteroatoms. The number of carbonyl (C=O) groups excluding carboxylic acids is 2. The molecule has 1 aromatic heterocycles. The summed E-state index contributed by atoms with van der Waals surface area (Å²) in [6, 6.07) is 10.5. The Morgan fingerprint density at radius 1 is 1.16 bits per heavy atom. The van der Waals surface area contributed by atoms with Crippen LogP contribution in [0.4, 0.5) is 0 Å². The van der Waals surface area contributed by atoms with Gasteiger partial charge in [0.05, 0.1) is 36.5 Å². The SMILES string of the molecule is COCCN(C(=O)c1cc2ccccc2oc1=O)C1CC(C(=O)NCCO)=CC(Oc2c(I)cc(CO)cc2OC)C1O. The number of para-hydroxylation sites is 1. The number of fused-ring (bicyclic) bond motifs is 1. The van der Waals surface area contributed by atoms with Crippen LogP contribution in [0.2, 0.25) is 0 Å². The van der Waals surface area contributed by atoms with E-state index in [9.17, 15) is 29.7 Å². The lowest BCUT2D eigenvalue weighted by Crippen LogP contribution is -2.56. The van der Waals surface area contributed by atoms with Crippen LogP contribution >= 0.6 is 22.6 Å². The maximum Gasteiger partial charge on any atom is 0.349 e. The zero-order valence-electron chi connectivity index (χ0n) is 23.6. The van der Waals surface area contributed by atoms with Crippen LogP contribution in [0.5, 0.6) is 11.5 Å². The highest BCUT2D eigenvalue weighted by Gasteiger charge is 2.41. The van der Waals surface area contributed by atoms with Crippen LogP contribution in [0.15, 0.2) is 63.3 Å². The Labute approximate surface area is 261 Å². The lowest BCUT2D eigenvalue weighted by Gasteiger charge is -2.40. The third-order valence-electron chi connectivity index (χ3n) is 7.01. The van der Waals surface area contributed by atoms with Crippen molar-refractivity contribution in [1.29, 1.82) is 0 Å². The maximum atomic E-state index is 14.0. The molecule has 1 aliphatic carbocycles. The quantitative estimate of drug-likeness (QED) is 0.160. The molecule has 4 N–H and O–H groups in total. The van der Waals surface area contributed by atoms with E-state index in [4.69, 9.17) is 18.6 Å². The smallest absolute Gasteiger partial charge is 0.349 e. The normalized spacial score (nSPS) is 18.2. The molecule has 2 amide bonds. The van der Waals surface area contributed by atoms with Gasteiger partial charge < -0.3 is 44.2 Å². The fourth-order valence-corrected chi connectivity index (χ4v) is 5.66. The fraction of sp³-hybridized carbons (Fsp3) is 0.367. The predicted octanol–water partition coefficient (Wildman–Crippen LogP) is 1.60. The first-order valence-electron chi connectivity index (χ1n) is 13.5. The summed E-state index contributed by atoms with van der Waals surface area (Å²) in [4.78, 5) is 41.2. The molecule has 12 nitrogen and oxygen atoms in total. The minimum Gasteiger partial charge on any atom is -0.493 e. The molecule has 230 valence electrons. The van der Waals surface area contributed by atoms with Gasteiger partial charge in [-0.1, -0.05) is 18.2 Å². The predicted molar refractivity (Wildman–Crippen MR) is 164 cm³/mol. The molecule has 0 fully saturated rings. The fourth-order valence-electron chi connectivity index (χ4n) is 4.87. The van der Waals surface area contributed by atoms with Crippen molar-refractivity contribution in [1.82, 2.24) is 10.2 Å². The number of halogens is 1. The van der Waals surface area contributed by atoms with Crippen molar-refractivity contribution in [2.45, 2.75) is 31.3 Å². The minimum absolute atomic E-state index is 0.00623. The second kappa shape index (κ2) is 14.8. The zero-order chi connectivity index (χ0) is 31.1. The summed E-state index contributed by atoms with van der Waals surface area (Å²) in [7, 11) is 2.89. The van der Waals surface area contributed by atoms with Crippen molar-refractivity contribution < 1.29 is 43.5 Å². The van der Waals surface area contributed by atoms with Gasteiger partial charge in [-0.25, -0.2) is 4.79 Å². The monoisotopic (exact) mass is 708 g/mol. The number of nitrogens with one attached hydrogen (secondary N) is 1. The number of carbonyl (C=O) groups is 2. The number of ether oxygens (including phenoxy) is 3. The highest BCUT2D eigenvalue weighted by molar-refractivity contribution is 14.1. The van der Waals surface area contributed by atoms with Gasteiger partial charge in [-0.05, 0) is 58.5 Å². The molecule has 0 spiro atoms. The van der Waals surface area contributed by atoms with Crippen molar-refractivity contribution in [3.63, 3.8) is 0 Å². The van der Waals surface area contributed by atoms with Crippen molar-refractivity contribution in [3.8, 4) is 11.5 Å². The van der Waals surface area contributed by atoms with Gasteiger partial charge in [0.15, 0.2) is 11.5 Å². The Balaban J connectivity index is 1.76. The number of nitrogens with zero attached hydrogens (tertiary/aromatic N) is 1. The van der Waals surface area contributed by atoms with Gasteiger partial charge in [0, 0.05) is 37.6 Å². The molecule has 3 aromatic rings. The molecule has 43 heavy (non-hydrogen) atoms. The van der Waals surface area contributed by atoms with E-state index in [-0.39, 0.29) is 56.2 Å². The third-order valence-corrected chi connectivity index (χ3v) is 7.81. The van der Waals surface area contributed by atoms with Crippen LogP contribution < -0.4 is 20.4 Å². The molecule has 0 bridgehead atoms. The molecule has 3 unspecified atom stereocenters. The van der Waals surface area contributed by atoms with Gasteiger partial charge in [-0.15, -0.1) is 0 Å². The number of rotatable bonds is 12. The Morgan fingerprint density at radius 2 is 1.93 bits per heavy atom. The number of methoxy groups -OCH3 is 2. The second-order valence-electron chi connectivity index (χ2n) is 9.76. The largest absolute Gasteiger partial charge is 0.493 e. The molecular formula is C30H33IN2O10. The number of aliphatic hydroxyl groups is 3. The van der Waals surface area contributed by atoms with Crippen molar-refractivity contribution in [2.24, 2.45) is 0 Å². The highest BCUT2D eigenvalue weighted by atomic mass is 127. The van der Waals surface area contributed by atoms with E-state index in [0.717, 1.165) is 0 Å². The Kier molecular flexibility index (Phi) is 11.2. The molecular weight excluding hydrogens is 675 g/mol. The Bertz CT molecular complexity index is 1560. The first-order chi connectivity index (χ1) is 20.7. The summed E-state index contributed by atoms with van der Waals surface area (Å²) in [5.74, 6) is -0.663. The van der Waals surface area contributed by atoms with E-state index in [1.807, 2.05) is 22.6 Å². The molecule has 1 aliphatic rings. The van der Waals surface area contributed by atoms with Crippen molar-refractivity contribution >= 4 is 45.4 Å². The van der Waals surface area contributed by atoms with Crippen LogP contribution in [-0.2, 0) is 16.1 Å². The molecule has 2 aromatic carbocycles. The average molecular weight is 709 g/mol. The van der Waals surface area contributed by atoms with Gasteiger partial charge >= 0.3 is 5.63 Å². The molecule has 1 heterocycles. The number of amides is 2. The van der Waals surface area contributed by atoms with Gasteiger partial charge in [0.1, 0.15) is 23.4 Å². The summed E-state index contributed by atoms with van der Waals surface area (Å²) in [6.45, 7) is -0.464. The summed E-state index contributed by atoms with van der Waals surface area (Å²) < 4.78 is 22.9. The van der Waals surface area contributed by atoms with Gasteiger partial charge in [-0.3, -0.25) is 9.59 Å². The topological polar surface area (TPSA) is 168 Å². The number of aliphatic hydroxyl groups excluding tert-OH is 3. The van der Waals surface area contributed by atoms with Crippen molar-refractivity contribution in [3.05, 3.63) is 79.2 Å². The third kappa shape index (κ3) is 7.36. The number of hydrogen-bond donors (Lipinski definition) is 4.